The van der Waals surface area contributed by atoms with Gasteiger partial charge in [-0.3, -0.25) is 4.79 Å². The average molecular weight is 539 g/mol. The van der Waals surface area contributed by atoms with Crippen molar-refractivity contribution < 1.29 is 40.7 Å². The summed E-state index contributed by atoms with van der Waals surface area (Å²) in [6, 6.07) is 9.07. The van der Waals surface area contributed by atoms with Crippen LogP contribution in [0.25, 0.3) is 0 Å². The zero-order valence-electron chi connectivity index (χ0n) is 20.0. The maximum Gasteiger partial charge on any atom is 0.397 e. The van der Waals surface area contributed by atoms with E-state index in [9.17, 15) is 31.2 Å². The van der Waals surface area contributed by atoms with Crippen molar-refractivity contribution in [3.63, 3.8) is 0 Å². The smallest absolute Gasteiger partial charge is 0.397 e. The van der Waals surface area contributed by atoms with E-state index in [4.69, 9.17) is 9.47 Å². The highest BCUT2D eigenvalue weighted by molar-refractivity contribution is 7.90. The molecule has 2 aliphatic heterocycles. The Bertz CT molecular complexity index is 1360. The van der Waals surface area contributed by atoms with Gasteiger partial charge in [0.05, 0.1) is 16.0 Å². The quantitative estimate of drug-likeness (QED) is 0.521. The van der Waals surface area contributed by atoms with Crippen LogP contribution in [0.1, 0.15) is 39.1 Å². The Kier molecular flexibility index (Phi) is 6.12. The maximum absolute atomic E-state index is 13.4. The Morgan fingerprint density at radius 2 is 1.78 bits per heavy atom. The number of cyclic esters (lactones) is 1. The number of carbonyl (C=O) groups is 2. The third-order valence-corrected chi connectivity index (χ3v) is 8.28. The Morgan fingerprint density at radius 1 is 1.08 bits per heavy atom. The first-order valence-corrected chi connectivity index (χ1v) is 13.7. The maximum atomic E-state index is 13.4. The minimum atomic E-state index is -4.42. The molecule has 2 aromatic rings. The van der Waals surface area contributed by atoms with E-state index < -0.39 is 33.9 Å². The number of benzene rings is 2. The minimum Gasteiger partial charge on any atom is -0.492 e. The van der Waals surface area contributed by atoms with Gasteiger partial charge in [-0.15, -0.1) is 0 Å². The second-order valence-electron chi connectivity index (χ2n) is 9.69. The number of rotatable bonds is 6. The number of hydrogen-bond acceptors (Lipinski definition) is 7. The van der Waals surface area contributed by atoms with Crippen LogP contribution in [0.3, 0.4) is 0 Å². The highest BCUT2D eigenvalue weighted by atomic mass is 32.2. The normalized spacial score (nSPS) is 18.9. The molecule has 5 rings (SSSR count). The molecular formula is C25H25F3N2O6S. The molecule has 12 heteroatoms. The number of ether oxygens (including phenoxy) is 2. The molecule has 2 heterocycles. The van der Waals surface area contributed by atoms with Crippen molar-refractivity contribution in [3.05, 3.63) is 53.1 Å². The van der Waals surface area contributed by atoms with Crippen LogP contribution in [-0.2, 0) is 21.2 Å². The molecule has 1 amide bonds. The highest BCUT2D eigenvalue weighted by Crippen LogP contribution is 2.57. The SMILES string of the molecule is CS(=O)(=O)c1ccc(OCC2(C(F)(F)F)CC2)c(C(=O)N2CCN(c3ccc4c(c3)COC4=O)CC2)c1. The van der Waals surface area contributed by atoms with Gasteiger partial charge in [-0.1, -0.05) is 0 Å². The summed E-state index contributed by atoms with van der Waals surface area (Å²) in [4.78, 5) is 28.6. The summed E-state index contributed by atoms with van der Waals surface area (Å²) in [5.41, 5.74) is 0.207. The number of nitrogens with zero attached hydrogens (tertiary/aromatic N) is 2. The molecule has 0 bridgehead atoms. The lowest BCUT2D eigenvalue weighted by molar-refractivity contribution is -0.194. The fraction of sp³-hybridized carbons (Fsp3) is 0.440. The summed E-state index contributed by atoms with van der Waals surface area (Å²) in [6.07, 6.45) is -3.52. The summed E-state index contributed by atoms with van der Waals surface area (Å²) >= 11 is 0. The number of alkyl halides is 3. The number of sulfone groups is 1. The number of fused-ring (bicyclic) bond motifs is 1. The standard InChI is InChI=1S/C25H25F3N2O6S/c1-37(33,34)18-3-5-21(36-15-24(6-7-24)25(26,27)28)20(13-18)22(31)30-10-8-29(9-11-30)17-2-4-19-16(12-17)14-35-23(19)32/h2-5,12-13H,6-11,14-15H2,1H3. The molecule has 1 saturated heterocycles. The van der Waals surface area contributed by atoms with Gasteiger partial charge in [0.15, 0.2) is 9.84 Å². The summed E-state index contributed by atoms with van der Waals surface area (Å²) < 4.78 is 74.9. The van der Waals surface area contributed by atoms with Crippen molar-refractivity contribution in [2.24, 2.45) is 5.41 Å². The zero-order valence-corrected chi connectivity index (χ0v) is 20.8. The second-order valence-corrected chi connectivity index (χ2v) is 11.7. The Balaban J connectivity index is 1.32. The van der Waals surface area contributed by atoms with Crippen LogP contribution in [0.2, 0.25) is 0 Å². The van der Waals surface area contributed by atoms with Gasteiger partial charge in [0, 0.05) is 43.7 Å². The molecule has 0 unspecified atom stereocenters. The van der Waals surface area contributed by atoms with Crippen LogP contribution in [0, 0.1) is 5.41 Å². The van der Waals surface area contributed by atoms with E-state index in [0.717, 1.165) is 17.5 Å². The number of halogens is 3. The lowest BCUT2D eigenvalue weighted by atomic mass is 10.1. The minimum absolute atomic E-state index is 0.0495. The molecule has 0 aromatic heterocycles. The number of esters is 1. The first-order valence-electron chi connectivity index (χ1n) is 11.8. The van der Waals surface area contributed by atoms with Crippen LogP contribution in [0.4, 0.5) is 18.9 Å². The second kappa shape index (κ2) is 8.93. The van der Waals surface area contributed by atoms with Crippen molar-refractivity contribution >= 4 is 27.4 Å². The molecule has 0 N–H and O–H groups in total. The van der Waals surface area contributed by atoms with E-state index in [0.29, 0.717) is 31.7 Å². The number of carbonyl (C=O) groups excluding carboxylic acids is 2. The van der Waals surface area contributed by atoms with Crippen LogP contribution in [0.5, 0.6) is 5.75 Å². The molecule has 0 spiro atoms. The van der Waals surface area contributed by atoms with E-state index in [-0.39, 0.29) is 41.6 Å². The molecule has 2 aromatic carbocycles. The van der Waals surface area contributed by atoms with Gasteiger partial charge in [-0.2, -0.15) is 13.2 Å². The number of hydrogen-bond donors (Lipinski definition) is 0. The van der Waals surface area contributed by atoms with Crippen molar-refractivity contribution in [1.82, 2.24) is 4.90 Å². The average Bonchev–Trinajstić information content (AvgIpc) is 3.58. The Morgan fingerprint density at radius 3 is 2.41 bits per heavy atom. The van der Waals surface area contributed by atoms with Gasteiger partial charge < -0.3 is 19.3 Å². The summed E-state index contributed by atoms with van der Waals surface area (Å²) in [5, 5.41) is 0. The predicted octanol–water partition coefficient (Wildman–Crippen LogP) is 3.44. The molecule has 37 heavy (non-hydrogen) atoms. The molecule has 0 atom stereocenters. The fourth-order valence-corrected chi connectivity index (χ4v) is 5.21. The van der Waals surface area contributed by atoms with Gasteiger partial charge in [-0.05, 0) is 49.2 Å². The Hall–Kier alpha value is -3.28. The van der Waals surface area contributed by atoms with Crippen LogP contribution >= 0.6 is 0 Å². The van der Waals surface area contributed by atoms with Crippen molar-refractivity contribution in [3.8, 4) is 5.75 Å². The number of amides is 1. The molecule has 0 radical (unpaired) electrons. The van der Waals surface area contributed by atoms with E-state index in [1.165, 1.54) is 23.1 Å². The first kappa shape index (κ1) is 25.4. The molecular weight excluding hydrogens is 513 g/mol. The largest absolute Gasteiger partial charge is 0.492 e. The lowest BCUT2D eigenvalue weighted by Crippen LogP contribution is -2.49. The number of piperazine rings is 1. The van der Waals surface area contributed by atoms with Crippen molar-refractivity contribution in [2.75, 3.05) is 43.9 Å². The molecule has 2 fully saturated rings. The number of anilines is 1. The first-order chi connectivity index (χ1) is 17.4. The zero-order chi connectivity index (χ0) is 26.6. The monoisotopic (exact) mass is 538 g/mol. The van der Waals surface area contributed by atoms with Crippen molar-refractivity contribution in [1.29, 1.82) is 0 Å². The molecule has 8 nitrogen and oxygen atoms in total. The third kappa shape index (κ3) is 4.86. The lowest BCUT2D eigenvalue weighted by Gasteiger charge is -2.36. The third-order valence-electron chi connectivity index (χ3n) is 7.17. The van der Waals surface area contributed by atoms with Crippen LogP contribution in [0.15, 0.2) is 41.3 Å². The Labute approximate surface area is 211 Å². The van der Waals surface area contributed by atoms with Gasteiger partial charge in [0.1, 0.15) is 24.4 Å². The molecule has 1 saturated carbocycles. The molecule has 3 aliphatic rings. The van der Waals surface area contributed by atoms with E-state index >= 15 is 0 Å². The van der Waals surface area contributed by atoms with Gasteiger partial charge in [0.2, 0.25) is 0 Å². The van der Waals surface area contributed by atoms with Gasteiger partial charge in [0.25, 0.3) is 5.91 Å². The summed E-state index contributed by atoms with van der Waals surface area (Å²) in [5.74, 6) is -0.933. The van der Waals surface area contributed by atoms with Crippen molar-refractivity contribution in [2.45, 2.75) is 30.5 Å². The highest BCUT2D eigenvalue weighted by Gasteiger charge is 2.64. The van der Waals surface area contributed by atoms with E-state index in [1.807, 2.05) is 12.1 Å². The summed E-state index contributed by atoms with van der Waals surface area (Å²) in [7, 11) is -3.66. The van der Waals surface area contributed by atoms with Crippen LogP contribution in [-0.4, -0.2) is 70.4 Å². The molecule has 198 valence electrons. The van der Waals surface area contributed by atoms with Gasteiger partial charge >= 0.3 is 12.1 Å². The summed E-state index contributed by atoms with van der Waals surface area (Å²) in [6.45, 7) is 1.14. The fourth-order valence-electron chi connectivity index (χ4n) is 4.56. The van der Waals surface area contributed by atoms with E-state index in [2.05, 4.69) is 4.90 Å². The van der Waals surface area contributed by atoms with Gasteiger partial charge in [-0.25, -0.2) is 13.2 Å². The topological polar surface area (TPSA) is 93.2 Å². The van der Waals surface area contributed by atoms with Crippen LogP contribution < -0.4 is 9.64 Å². The predicted molar refractivity (Wildman–Crippen MR) is 126 cm³/mol. The molecule has 1 aliphatic carbocycles. The van der Waals surface area contributed by atoms with E-state index in [1.54, 1.807) is 6.07 Å².